The summed E-state index contributed by atoms with van der Waals surface area (Å²) in [6.07, 6.45) is 0. The quantitative estimate of drug-likeness (QED) is 0.800. The molecule has 0 heterocycles. The molecule has 2 nitrogen and oxygen atoms in total. The summed E-state index contributed by atoms with van der Waals surface area (Å²) in [4.78, 5) is 2.19. The van der Waals surface area contributed by atoms with Crippen LogP contribution in [0.2, 0.25) is 0 Å². The predicted octanol–water partition coefficient (Wildman–Crippen LogP) is 3.26. The first kappa shape index (κ1) is 12.8. The van der Waals surface area contributed by atoms with E-state index in [2.05, 4.69) is 18.7 Å². The third-order valence-corrected chi connectivity index (χ3v) is 1.96. The molecule has 0 fully saturated rings. The summed E-state index contributed by atoms with van der Waals surface area (Å²) in [5.74, 6) is 0.333. The van der Waals surface area contributed by atoms with Crippen LogP contribution in [0.15, 0.2) is 24.3 Å². The Morgan fingerprint density at radius 2 is 1.71 bits per heavy atom. The van der Waals surface area contributed by atoms with Crippen molar-refractivity contribution in [2.24, 2.45) is 0 Å². The summed E-state index contributed by atoms with van der Waals surface area (Å²) in [5.41, 5.74) is 1.08. The van der Waals surface area contributed by atoms with Gasteiger partial charge < -0.3 is 10.0 Å². The van der Waals surface area contributed by atoms with E-state index in [-0.39, 0.29) is 0 Å². The molecule has 0 aliphatic rings. The second kappa shape index (κ2) is 7.25. The van der Waals surface area contributed by atoms with E-state index in [0.29, 0.717) is 5.75 Å². The van der Waals surface area contributed by atoms with Crippen LogP contribution in [0.25, 0.3) is 0 Å². The number of benzene rings is 1. The van der Waals surface area contributed by atoms with Crippen LogP contribution in [0, 0.1) is 0 Å². The molecule has 0 atom stereocenters. The lowest BCUT2D eigenvalue weighted by atomic mass is 10.2. The molecule has 80 valence electrons. The molecular formula is C12H21NO. The lowest BCUT2D eigenvalue weighted by molar-refractivity contribution is 0.475. The highest BCUT2D eigenvalue weighted by Crippen LogP contribution is 2.19. The molecule has 0 saturated heterocycles. The molecule has 14 heavy (non-hydrogen) atoms. The van der Waals surface area contributed by atoms with Crippen LogP contribution in [0.5, 0.6) is 5.75 Å². The Bertz CT molecular complexity index is 244. The van der Waals surface area contributed by atoms with Crippen molar-refractivity contribution < 1.29 is 5.11 Å². The molecule has 0 aromatic heterocycles. The Morgan fingerprint density at radius 3 is 2.14 bits per heavy atom. The first-order valence-corrected chi connectivity index (χ1v) is 5.32. The van der Waals surface area contributed by atoms with Gasteiger partial charge in [-0.2, -0.15) is 0 Å². The van der Waals surface area contributed by atoms with E-state index in [0.717, 1.165) is 18.8 Å². The Kier molecular flexibility index (Phi) is 6.63. The maximum absolute atomic E-state index is 9.23. The van der Waals surface area contributed by atoms with Gasteiger partial charge in [0.25, 0.3) is 0 Å². The Morgan fingerprint density at radius 1 is 1.14 bits per heavy atom. The van der Waals surface area contributed by atoms with Crippen LogP contribution in [0.1, 0.15) is 27.7 Å². The average Bonchev–Trinajstić information content (AvgIpc) is 2.23. The Labute approximate surface area is 87.2 Å². The summed E-state index contributed by atoms with van der Waals surface area (Å²) < 4.78 is 0. The van der Waals surface area contributed by atoms with Crippen molar-refractivity contribution in [2.45, 2.75) is 27.7 Å². The van der Waals surface area contributed by atoms with E-state index in [1.54, 1.807) is 12.1 Å². The third-order valence-electron chi connectivity index (χ3n) is 1.96. The number of phenols is 1. The molecule has 0 bridgehead atoms. The van der Waals surface area contributed by atoms with Crippen LogP contribution >= 0.6 is 0 Å². The van der Waals surface area contributed by atoms with Crippen LogP contribution in [-0.4, -0.2) is 18.2 Å². The summed E-state index contributed by atoms with van der Waals surface area (Å²) in [5, 5.41) is 9.23. The average molecular weight is 195 g/mol. The number of aromatic hydroxyl groups is 1. The molecule has 2 heteroatoms. The molecule has 0 spiro atoms. The number of nitrogens with zero attached hydrogens (tertiary/aromatic N) is 1. The van der Waals surface area contributed by atoms with Gasteiger partial charge in [-0.15, -0.1) is 0 Å². The Hall–Kier alpha value is -1.18. The van der Waals surface area contributed by atoms with Crippen LogP contribution < -0.4 is 4.90 Å². The highest BCUT2D eigenvalue weighted by molar-refractivity contribution is 5.49. The first-order chi connectivity index (χ1) is 6.77. The van der Waals surface area contributed by atoms with Crippen LogP contribution in [0.3, 0.4) is 0 Å². The zero-order valence-corrected chi connectivity index (χ0v) is 9.62. The maximum atomic E-state index is 9.23. The van der Waals surface area contributed by atoms with E-state index in [9.17, 15) is 5.11 Å². The summed E-state index contributed by atoms with van der Waals surface area (Å²) in [7, 11) is 0. The lowest BCUT2D eigenvalue weighted by Crippen LogP contribution is -2.21. The molecular weight excluding hydrogens is 174 g/mol. The summed E-state index contributed by atoms with van der Waals surface area (Å²) in [6.45, 7) is 10.2. The summed E-state index contributed by atoms with van der Waals surface area (Å²) >= 11 is 0. The van der Waals surface area contributed by atoms with Crippen molar-refractivity contribution in [1.82, 2.24) is 0 Å². The van der Waals surface area contributed by atoms with Gasteiger partial charge in [0.1, 0.15) is 5.75 Å². The highest BCUT2D eigenvalue weighted by atomic mass is 16.3. The van der Waals surface area contributed by atoms with Crippen molar-refractivity contribution in [3.05, 3.63) is 24.3 Å². The monoisotopic (exact) mass is 195 g/mol. The van der Waals surface area contributed by atoms with Gasteiger partial charge in [0.15, 0.2) is 0 Å². The summed E-state index contributed by atoms with van der Waals surface area (Å²) in [6, 6.07) is 7.34. The number of hydrogen-bond donors (Lipinski definition) is 1. The highest BCUT2D eigenvalue weighted by Gasteiger charge is 2.00. The molecule has 0 unspecified atom stereocenters. The topological polar surface area (TPSA) is 23.5 Å². The fourth-order valence-electron chi connectivity index (χ4n) is 1.28. The van der Waals surface area contributed by atoms with E-state index in [1.807, 2.05) is 26.0 Å². The van der Waals surface area contributed by atoms with Crippen molar-refractivity contribution in [3.8, 4) is 5.75 Å². The smallest absolute Gasteiger partial charge is 0.117 e. The normalized spacial score (nSPS) is 8.86. The number of hydrogen-bond acceptors (Lipinski definition) is 2. The van der Waals surface area contributed by atoms with Crippen molar-refractivity contribution in [3.63, 3.8) is 0 Å². The minimum atomic E-state index is 0.333. The largest absolute Gasteiger partial charge is 0.508 e. The zero-order chi connectivity index (χ0) is 11.0. The molecule has 1 aromatic rings. The van der Waals surface area contributed by atoms with Gasteiger partial charge in [0, 0.05) is 24.8 Å². The number of phenolic OH excluding ortho intramolecular Hbond substituents is 1. The first-order valence-electron chi connectivity index (χ1n) is 5.32. The second-order valence-electron chi connectivity index (χ2n) is 2.69. The molecule has 0 amide bonds. The number of anilines is 1. The van der Waals surface area contributed by atoms with E-state index < -0.39 is 0 Å². The predicted molar refractivity (Wildman–Crippen MR) is 63.0 cm³/mol. The molecule has 1 aromatic carbocycles. The van der Waals surface area contributed by atoms with Crippen LogP contribution in [-0.2, 0) is 0 Å². The fraction of sp³-hybridized carbons (Fsp3) is 0.500. The van der Waals surface area contributed by atoms with E-state index in [4.69, 9.17) is 0 Å². The molecule has 0 aliphatic carbocycles. The van der Waals surface area contributed by atoms with E-state index >= 15 is 0 Å². The maximum Gasteiger partial charge on any atom is 0.117 e. The fourth-order valence-corrected chi connectivity index (χ4v) is 1.28. The Balaban J connectivity index is 0.000000791. The molecule has 0 aliphatic heterocycles. The zero-order valence-electron chi connectivity index (χ0n) is 9.62. The molecule has 0 radical (unpaired) electrons. The van der Waals surface area contributed by atoms with Gasteiger partial charge in [-0.05, 0) is 26.0 Å². The van der Waals surface area contributed by atoms with Gasteiger partial charge in [-0.3, -0.25) is 0 Å². The molecule has 1 N–H and O–H groups in total. The minimum Gasteiger partial charge on any atom is -0.508 e. The van der Waals surface area contributed by atoms with Gasteiger partial charge >= 0.3 is 0 Å². The van der Waals surface area contributed by atoms with E-state index in [1.165, 1.54) is 0 Å². The van der Waals surface area contributed by atoms with Gasteiger partial charge in [0.05, 0.1) is 0 Å². The van der Waals surface area contributed by atoms with Crippen molar-refractivity contribution >= 4 is 5.69 Å². The standard InChI is InChI=1S/C10H15NO.C2H6/c1-3-11(4-2)9-6-5-7-10(12)8-9;1-2/h5-8,12H,3-4H2,1-2H3;1-2H3. The minimum absolute atomic E-state index is 0.333. The third kappa shape index (κ3) is 3.69. The second-order valence-corrected chi connectivity index (χ2v) is 2.69. The van der Waals surface area contributed by atoms with Gasteiger partial charge in [-0.1, -0.05) is 19.9 Å². The number of rotatable bonds is 3. The lowest BCUT2D eigenvalue weighted by Gasteiger charge is -2.20. The van der Waals surface area contributed by atoms with Crippen molar-refractivity contribution in [1.29, 1.82) is 0 Å². The SMILES string of the molecule is CC.CCN(CC)c1cccc(O)c1. The van der Waals surface area contributed by atoms with Crippen molar-refractivity contribution in [2.75, 3.05) is 18.0 Å². The molecule has 0 saturated carbocycles. The molecule has 1 rings (SSSR count). The van der Waals surface area contributed by atoms with Crippen LogP contribution in [0.4, 0.5) is 5.69 Å². The van der Waals surface area contributed by atoms with Gasteiger partial charge in [-0.25, -0.2) is 0 Å². The van der Waals surface area contributed by atoms with Gasteiger partial charge in [0.2, 0.25) is 0 Å².